The van der Waals surface area contributed by atoms with Crippen molar-refractivity contribution in [3.8, 4) is 6.07 Å². The zero-order valence-corrected chi connectivity index (χ0v) is 14.8. The summed E-state index contributed by atoms with van der Waals surface area (Å²) in [4.78, 5) is 14.5. The Balaban J connectivity index is 2.38. The molecule has 0 unspecified atom stereocenters. The first-order valence-corrected chi connectivity index (χ1v) is 8.57. The van der Waals surface area contributed by atoms with Crippen LogP contribution in [0.25, 0.3) is 0 Å². The van der Waals surface area contributed by atoms with Crippen molar-refractivity contribution in [3.63, 3.8) is 0 Å². The minimum atomic E-state index is -0.640. The topological polar surface area (TPSA) is 44.1 Å². The average Bonchev–Trinajstić information content (AvgIpc) is 2.59. The highest BCUT2D eigenvalue weighted by atomic mass is 79.9. The summed E-state index contributed by atoms with van der Waals surface area (Å²) in [5, 5.41) is 9.63. The highest BCUT2D eigenvalue weighted by molar-refractivity contribution is 9.10. The van der Waals surface area contributed by atoms with E-state index in [9.17, 15) is 10.1 Å². The van der Waals surface area contributed by atoms with Crippen LogP contribution in [0.2, 0.25) is 0 Å². The molecule has 23 heavy (non-hydrogen) atoms. The van der Waals surface area contributed by atoms with Crippen LogP contribution in [0.15, 0.2) is 59.1 Å². The first-order valence-electron chi connectivity index (χ1n) is 7.25. The van der Waals surface area contributed by atoms with Gasteiger partial charge >= 0.3 is 0 Å². The maximum atomic E-state index is 12.9. The van der Waals surface area contributed by atoms with E-state index in [1.54, 1.807) is 11.0 Å². The van der Waals surface area contributed by atoms with Gasteiger partial charge in [0.1, 0.15) is 6.04 Å². The highest BCUT2D eigenvalue weighted by Gasteiger charge is 2.26. The molecule has 5 heteroatoms. The highest BCUT2D eigenvalue weighted by Crippen LogP contribution is 2.25. The molecule has 0 heterocycles. The third-order valence-corrected chi connectivity index (χ3v) is 4.41. The molecule has 0 N–H and O–H groups in total. The second-order valence-electron chi connectivity index (χ2n) is 4.96. The molecule has 0 saturated heterocycles. The van der Waals surface area contributed by atoms with Gasteiger partial charge in [0.05, 0.1) is 11.6 Å². The zero-order valence-electron chi connectivity index (χ0n) is 12.5. The Kier molecular flexibility index (Phi) is 6.64. The Morgan fingerprint density at radius 2 is 1.83 bits per heavy atom. The Hall–Kier alpha value is -1.83. The van der Waals surface area contributed by atoms with E-state index < -0.39 is 6.04 Å². The molecule has 3 nitrogen and oxygen atoms in total. The maximum Gasteiger partial charge on any atom is 0.256 e. The van der Waals surface area contributed by atoms with Crippen molar-refractivity contribution in [1.29, 1.82) is 5.26 Å². The third-order valence-electron chi connectivity index (χ3n) is 3.45. The van der Waals surface area contributed by atoms with Crippen LogP contribution < -0.4 is 0 Å². The Morgan fingerprint density at radius 3 is 2.43 bits per heavy atom. The number of rotatable bonds is 6. The number of amides is 1. The molecule has 0 saturated carbocycles. The molecule has 1 atom stereocenters. The van der Waals surface area contributed by atoms with Gasteiger partial charge in [0.25, 0.3) is 5.91 Å². The molecule has 2 rings (SSSR count). The molecule has 118 valence electrons. The molecule has 0 fully saturated rings. The molecule has 2 aromatic rings. The number of halogens is 2. The Morgan fingerprint density at radius 1 is 1.17 bits per heavy atom. The van der Waals surface area contributed by atoms with Crippen molar-refractivity contribution in [3.05, 3.63) is 70.2 Å². The van der Waals surface area contributed by atoms with Gasteiger partial charge in [0, 0.05) is 16.9 Å². The zero-order chi connectivity index (χ0) is 16.7. The summed E-state index contributed by atoms with van der Waals surface area (Å²) >= 11 is 9.20. The second-order valence-corrected chi connectivity index (χ2v) is 6.20. The van der Waals surface area contributed by atoms with Crippen LogP contribution in [0, 0.1) is 11.3 Å². The van der Waals surface area contributed by atoms with Crippen LogP contribution in [0.5, 0.6) is 0 Å². The Labute approximate surface area is 149 Å². The van der Waals surface area contributed by atoms with Gasteiger partial charge in [0.2, 0.25) is 0 Å². The predicted octanol–water partition coefficient (Wildman–Crippen LogP) is 4.79. The lowest BCUT2D eigenvalue weighted by atomic mass is 10.0. The van der Waals surface area contributed by atoms with E-state index in [0.29, 0.717) is 28.9 Å². The maximum absolute atomic E-state index is 12.9. The number of hydrogen-bond donors (Lipinski definition) is 0. The molecule has 2 aromatic carbocycles. The van der Waals surface area contributed by atoms with E-state index in [1.807, 2.05) is 48.5 Å². The normalized spacial score (nSPS) is 11.5. The number of hydrogen-bond acceptors (Lipinski definition) is 2. The number of nitrogens with zero attached hydrogens (tertiary/aromatic N) is 2. The minimum Gasteiger partial charge on any atom is -0.318 e. The van der Waals surface area contributed by atoms with Gasteiger partial charge in [0.15, 0.2) is 0 Å². The van der Waals surface area contributed by atoms with Crippen LogP contribution in [0.3, 0.4) is 0 Å². The van der Waals surface area contributed by atoms with Gasteiger partial charge in [-0.3, -0.25) is 4.79 Å². The largest absolute Gasteiger partial charge is 0.318 e. The lowest BCUT2D eigenvalue weighted by Crippen LogP contribution is -2.35. The van der Waals surface area contributed by atoms with Crippen molar-refractivity contribution in [1.82, 2.24) is 4.90 Å². The smallest absolute Gasteiger partial charge is 0.256 e. The molecule has 0 aliphatic heterocycles. The number of benzene rings is 2. The summed E-state index contributed by atoms with van der Waals surface area (Å²) in [6.45, 7) is 0.427. The van der Waals surface area contributed by atoms with E-state index in [2.05, 4.69) is 22.0 Å². The summed E-state index contributed by atoms with van der Waals surface area (Å²) in [5.41, 5.74) is 1.34. The third kappa shape index (κ3) is 4.34. The number of carbonyl (C=O) groups excluding carboxylic acids is 1. The molecule has 1 amide bonds. The molecule has 0 radical (unpaired) electrons. The second kappa shape index (κ2) is 8.71. The van der Waals surface area contributed by atoms with Gasteiger partial charge in [-0.25, -0.2) is 0 Å². The van der Waals surface area contributed by atoms with E-state index in [4.69, 9.17) is 11.6 Å². The van der Waals surface area contributed by atoms with E-state index in [0.717, 1.165) is 5.56 Å². The van der Waals surface area contributed by atoms with Crippen molar-refractivity contribution in [2.24, 2.45) is 0 Å². The molecule has 0 aromatic heterocycles. The quantitative estimate of drug-likeness (QED) is 0.665. The van der Waals surface area contributed by atoms with Crippen LogP contribution in [-0.4, -0.2) is 23.2 Å². The van der Waals surface area contributed by atoms with E-state index >= 15 is 0 Å². The van der Waals surface area contributed by atoms with Crippen molar-refractivity contribution < 1.29 is 4.79 Å². The number of alkyl halides is 1. The number of carbonyl (C=O) groups is 1. The monoisotopic (exact) mass is 390 g/mol. The van der Waals surface area contributed by atoms with Gasteiger partial charge < -0.3 is 4.90 Å². The van der Waals surface area contributed by atoms with Gasteiger partial charge in [-0.2, -0.15) is 5.26 Å². The first-order chi connectivity index (χ1) is 11.2. The van der Waals surface area contributed by atoms with E-state index in [1.165, 1.54) is 0 Å². The van der Waals surface area contributed by atoms with Gasteiger partial charge in [-0.1, -0.05) is 42.5 Å². The lowest BCUT2D eigenvalue weighted by Gasteiger charge is -2.28. The van der Waals surface area contributed by atoms with Crippen LogP contribution in [-0.2, 0) is 0 Å². The summed E-state index contributed by atoms with van der Waals surface area (Å²) in [6, 6.07) is 18.2. The molecule has 0 spiro atoms. The van der Waals surface area contributed by atoms with E-state index in [-0.39, 0.29) is 5.91 Å². The first kappa shape index (κ1) is 17.5. The summed E-state index contributed by atoms with van der Waals surface area (Å²) in [6.07, 6.45) is 0.628. The number of nitriles is 1. The molecule has 0 bridgehead atoms. The molecule has 0 aliphatic carbocycles. The summed E-state index contributed by atoms with van der Waals surface area (Å²) < 4.78 is 0.714. The van der Waals surface area contributed by atoms with Gasteiger partial charge in [-0.15, -0.1) is 11.6 Å². The fraction of sp³-hybridized carbons (Fsp3) is 0.222. The van der Waals surface area contributed by atoms with Crippen molar-refractivity contribution >= 4 is 33.4 Å². The van der Waals surface area contributed by atoms with Crippen LogP contribution >= 0.6 is 27.5 Å². The average molecular weight is 392 g/mol. The van der Waals surface area contributed by atoms with Crippen LogP contribution in [0.1, 0.15) is 28.4 Å². The fourth-order valence-electron chi connectivity index (χ4n) is 2.33. The van der Waals surface area contributed by atoms with Crippen molar-refractivity contribution in [2.45, 2.75) is 12.5 Å². The lowest BCUT2D eigenvalue weighted by molar-refractivity contribution is 0.0716. The molecular formula is C18H16BrClN2O. The fourth-order valence-corrected chi connectivity index (χ4v) is 2.90. The van der Waals surface area contributed by atoms with Crippen molar-refractivity contribution in [2.75, 3.05) is 12.4 Å². The van der Waals surface area contributed by atoms with Gasteiger partial charge in [-0.05, 0) is 40.0 Å². The SMILES string of the molecule is N#C[C@@H](c1ccccc1)N(CCCCl)C(=O)c1ccccc1Br. The minimum absolute atomic E-state index is 0.182. The Bertz CT molecular complexity index is 700. The standard InChI is InChI=1S/C18H16BrClN2O/c19-16-10-5-4-9-15(16)18(23)22(12-6-11-20)17(13-21)14-7-2-1-3-8-14/h1-5,7-10,17H,6,11-12H2/t17-/m0/s1. The molecular weight excluding hydrogens is 376 g/mol. The predicted molar refractivity (Wildman–Crippen MR) is 95.3 cm³/mol. The molecule has 0 aliphatic rings. The van der Waals surface area contributed by atoms with Crippen LogP contribution in [0.4, 0.5) is 0 Å². The summed E-state index contributed by atoms with van der Waals surface area (Å²) in [5.74, 6) is 0.255. The summed E-state index contributed by atoms with van der Waals surface area (Å²) in [7, 11) is 0.